The van der Waals surface area contributed by atoms with Crippen LogP contribution in [-0.2, 0) is 11.2 Å². The first-order valence-electron chi connectivity index (χ1n) is 8.72. The number of aromatic amines is 1. The summed E-state index contributed by atoms with van der Waals surface area (Å²) in [5.74, 6) is 0.479. The van der Waals surface area contributed by atoms with Crippen molar-refractivity contribution in [3.63, 3.8) is 0 Å². The van der Waals surface area contributed by atoms with E-state index < -0.39 is 0 Å². The zero-order valence-electron chi connectivity index (χ0n) is 15.7. The van der Waals surface area contributed by atoms with E-state index in [0.717, 1.165) is 28.1 Å². The lowest BCUT2D eigenvalue weighted by Crippen LogP contribution is -2.36. The molecule has 2 N–H and O–H groups in total. The number of fused-ring (bicyclic) bond motifs is 1. The van der Waals surface area contributed by atoms with Gasteiger partial charge in [-0.25, -0.2) is 4.98 Å². The number of rotatable bonds is 7. The molecule has 7 heteroatoms. The molecule has 2 rings (SSSR count). The zero-order chi connectivity index (χ0) is 18.7. The maximum Gasteiger partial charge on any atom is 0.260 e. The number of carbonyl (C=O) groups excluding carboxylic acids is 1. The number of thioether (sulfide) groups is 1. The Kier molecular flexibility index (Phi) is 6.68. The molecule has 2 atom stereocenters. The van der Waals surface area contributed by atoms with Gasteiger partial charge >= 0.3 is 0 Å². The minimum atomic E-state index is -0.316. The molecule has 0 aromatic carbocycles. The van der Waals surface area contributed by atoms with Gasteiger partial charge in [0.25, 0.3) is 5.56 Å². The molecule has 0 unspecified atom stereocenters. The van der Waals surface area contributed by atoms with Crippen molar-refractivity contribution in [1.82, 2.24) is 15.3 Å². The van der Waals surface area contributed by atoms with Crippen LogP contribution in [0.15, 0.2) is 9.95 Å². The van der Waals surface area contributed by atoms with Crippen molar-refractivity contribution in [3.8, 4) is 0 Å². The summed E-state index contributed by atoms with van der Waals surface area (Å²) in [6.07, 6.45) is 1.98. The molecule has 0 bridgehead atoms. The number of hydrogen-bond acceptors (Lipinski definition) is 5. The van der Waals surface area contributed by atoms with Gasteiger partial charge in [0, 0.05) is 10.9 Å². The van der Waals surface area contributed by atoms with Gasteiger partial charge in [-0.05, 0) is 45.6 Å². The average Bonchev–Trinajstić information content (AvgIpc) is 2.82. The second-order valence-electron chi connectivity index (χ2n) is 6.83. The van der Waals surface area contributed by atoms with Crippen molar-refractivity contribution in [1.29, 1.82) is 0 Å². The van der Waals surface area contributed by atoms with E-state index in [1.807, 2.05) is 20.8 Å². The fourth-order valence-corrected chi connectivity index (χ4v) is 4.49. The number of hydrogen-bond donors (Lipinski definition) is 2. The van der Waals surface area contributed by atoms with E-state index in [4.69, 9.17) is 0 Å². The molecule has 0 aliphatic rings. The van der Waals surface area contributed by atoms with Crippen molar-refractivity contribution in [2.24, 2.45) is 5.92 Å². The second kappa shape index (κ2) is 8.36. The van der Waals surface area contributed by atoms with Crippen molar-refractivity contribution in [2.75, 3.05) is 0 Å². The standard InChI is InChI=1S/C18H27N3O2S2/c1-7-10(4)8-13-11(5)24-17-14(13)16(23)20-18(21-17)25-12(6)15(22)19-9(2)3/h9-10,12H,7-8H2,1-6H3,(H,19,22)(H,20,21,23)/t10-,12-/m1/s1. The maximum absolute atomic E-state index is 12.6. The first kappa shape index (κ1) is 20.0. The predicted molar refractivity (Wildman–Crippen MR) is 107 cm³/mol. The van der Waals surface area contributed by atoms with Crippen LogP contribution in [0, 0.1) is 12.8 Å². The minimum Gasteiger partial charge on any atom is -0.353 e. The number of aromatic nitrogens is 2. The summed E-state index contributed by atoms with van der Waals surface area (Å²) in [6, 6.07) is 0.0908. The largest absolute Gasteiger partial charge is 0.353 e. The van der Waals surface area contributed by atoms with E-state index in [9.17, 15) is 9.59 Å². The first-order valence-corrected chi connectivity index (χ1v) is 10.4. The third-order valence-corrected chi connectivity index (χ3v) is 6.20. The summed E-state index contributed by atoms with van der Waals surface area (Å²) < 4.78 is 0. The molecular formula is C18H27N3O2S2. The highest BCUT2D eigenvalue weighted by atomic mass is 32.2. The zero-order valence-corrected chi connectivity index (χ0v) is 17.4. The molecule has 0 aliphatic heterocycles. The molecule has 5 nitrogen and oxygen atoms in total. The van der Waals surface area contributed by atoms with Gasteiger partial charge in [-0.1, -0.05) is 32.0 Å². The Morgan fingerprint density at radius 1 is 1.32 bits per heavy atom. The van der Waals surface area contributed by atoms with Crippen LogP contribution >= 0.6 is 23.1 Å². The van der Waals surface area contributed by atoms with Crippen LogP contribution < -0.4 is 10.9 Å². The fraction of sp³-hybridized carbons (Fsp3) is 0.611. The van der Waals surface area contributed by atoms with Gasteiger partial charge in [0.15, 0.2) is 5.16 Å². The first-order chi connectivity index (χ1) is 11.7. The lowest BCUT2D eigenvalue weighted by molar-refractivity contribution is -0.120. The lowest BCUT2D eigenvalue weighted by atomic mass is 9.98. The molecule has 138 valence electrons. The SMILES string of the molecule is CC[C@@H](C)Cc1c(C)sc2nc(S[C@H](C)C(=O)NC(C)C)[nH]c(=O)c12. The van der Waals surface area contributed by atoms with Crippen LogP contribution in [0.5, 0.6) is 0 Å². The minimum absolute atomic E-state index is 0.0532. The van der Waals surface area contributed by atoms with Gasteiger partial charge in [-0.3, -0.25) is 9.59 Å². The van der Waals surface area contributed by atoms with E-state index in [-0.39, 0.29) is 22.8 Å². The summed E-state index contributed by atoms with van der Waals surface area (Å²) >= 11 is 2.84. The monoisotopic (exact) mass is 381 g/mol. The Labute approximate surface area is 157 Å². The summed E-state index contributed by atoms with van der Waals surface area (Å²) in [7, 11) is 0. The van der Waals surface area contributed by atoms with E-state index >= 15 is 0 Å². The molecule has 0 saturated carbocycles. The van der Waals surface area contributed by atoms with Crippen LogP contribution in [0.4, 0.5) is 0 Å². The number of thiophene rings is 1. The highest BCUT2D eigenvalue weighted by Gasteiger charge is 2.20. The number of nitrogens with one attached hydrogen (secondary N) is 2. The summed E-state index contributed by atoms with van der Waals surface area (Å²) in [5, 5.41) is 3.78. The van der Waals surface area contributed by atoms with Crippen LogP contribution in [0.3, 0.4) is 0 Å². The van der Waals surface area contributed by atoms with Gasteiger partial charge in [0.2, 0.25) is 5.91 Å². The summed E-state index contributed by atoms with van der Waals surface area (Å²) in [5.41, 5.74) is 1.01. The molecule has 0 aliphatic carbocycles. The average molecular weight is 382 g/mol. The Hall–Kier alpha value is -1.34. The molecular weight excluding hydrogens is 354 g/mol. The van der Waals surface area contributed by atoms with Crippen LogP contribution in [-0.4, -0.2) is 27.2 Å². The number of aryl methyl sites for hydroxylation is 1. The number of carbonyl (C=O) groups is 1. The molecule has 2 aromatic rings. The fourth-order valence-electron chi connectivity index (χ4n) is 2.57. The van der Waals surface area contributed by atoms with E-state index in [1.165, 1.54) is 11.8 Å². The van der Waals surface area contributed by atoms with Crippen LogP contribution in [0.25, 0.3) is 10.2 Å². The highest BCUT2D eigenvalue weighted by molar-refractivity contribution is 8.00. The molecule has 0 fully saturated rings. The summed E-state index contributed by atoms with van der Waals surface area (Å²) in [4.78, 5) is 34.1. The van der Waals surface area contributed by atoms with Gasteiger partial charge in [0.1, 0.15) is 4.83 Å². The molecule has 0 spiro atoms. The molecule has 25 heavy (non-hydrogen) atoms. The predicted octanol–water partition coefficient (Wildman–Crippen LogP) is 3.89. The van der Waals surface area contributed by atoms with Crippen LogP contribution in [0.1, 0.15) is 51.5 Å². The van der Waals surface area contributed by atoms with Crippen molar-refractivity contribution < 1.29 is 4.79 Å². The number of nitrogens with zero attached hydrogens (tertiary/aromatic N) is 1. The Balaban J connectivity index is 2.31. The van der Waals surface area contributed by atoms with E-state index in [2.05, 4.69) is 36.1 Å². The van der Waals surface area contributed by atoms with Gasteiger partial charge in [-0.15, -0.1) is 11.3 Å². The van der Waals surface area contributed by atoms with E-state index in [0.29, 0.717) is 16.5 Å². The van der Waals surface area contributed by atoms with Crippen molar-refractivity contribution >= 4 is 39.2 Å². The Bertz CT molecular complexity index is 810. The molecule has 2 aromatic heterocycles. The highest BCUT2D eigenvalue weighted by Crippen LogP contribution is 2.31. The topological polar surface area (TPSA) is 74.8 Å². The second-order valence-corrected chi connectivity index (χ2v) is 9.36. The van der Waals surface area contributed by atoms with Gasteiger partial charge in [0.05, 0.1) is 10.6 Å². The van der Waals surface area contributed by atoms with Crippen LogP contribution in [0.2, 0.25) is 0 Å². The van der Waals surface area contributed by atoms with Crippen molar-refractivity contribution in [2.45, 2.75) is 70.8 Å². The molecule has 0 radical (unpaired) electrons. The van der Waals surface area contributed by atoms with Gasteiger partial charge < -0.3 is 10.3 Å². The van der Waals surface area contributed by atoms with Gasteiger partial charge in [-0.2, -0.15) is 0 Å². The quantitative estimate of drug-likeness (QED) is 0.564. The maximum atomic E-state index is 12.6. The summed E-state index contributed by atoms with van der Waals surface area (Å²) in [6.45, 7) is 12.1. The third-order valence-electron chi connectivity index (χ3n) is 4.18. The normalized spacial score (nSPS) is 14.0. The third kappa shape index (κ3) is 4.85. The Morgan fingerprint density at radius 3 is 2.60 bits per heavy atom. The Morgan fingerprint density at radius 2 is 2.00 bits per heavy atom. The molecule has 2 heterocycles. The molecule has 1 amide bonds. The molecule has 0 saturated heterocycles. The number of H-pyrrole nitrogens is 1. The smallest absolute Gasteiger partial charge is 0.260 e. The van der Waals surface area contributed by atoms with E-state index in [1.54, 1.807) is 11.3 Å². The lowest BCUT2D eigenvalue weighted by Gasteiger charge is -2.13. The number of amides is 1. The van der Waals surface area contributed by atoms with Crippen molar-refractivity contribution in [3.05, 3.63) is 20.8 Å².